The lowest BCUT2D eigenvalue weighted by Gasteiger charge is -2.32. The Hall–Kier alpha value is -1.75. The molecule has 6 heteroatoms. The standard InChI is InChI=1S/C19H20Cl2N4/c20-15-6-5-13(11-16(15)21)12-25-9-7-14(8-10-25)22-19-23-17-3-1-2-4-18(17)24-19/h1-6,11,14H,7-10,12H2,(H2,22,23,24). The van der Waals surface area contributed by atoms with Gasteiger partial charge in [-0.3, -0.25) is 4.90 Å². The van der Waals surface area contributed by atoms with Crippen LogP contribution in [-0.2, 0) is 6.54 Å². The van der Waals surface area contributed by atoms with E-state index in [4.69, 9.17) is 23.2 Å². The predicted octanol–water partition coefficient (Wildman–Crippen LogP) is 4.95. The van der Waals surface area contributed by atoms with E-state index < -0.39 is 0 Å². The van der Waals surface area contributed by atoms with Gasteiger partial charge < -0.3 is 10.3 Å². The van der Waals surface area contributed by atoms with E-state index in [1.165, 1.54) is 5.56 Å². The Morgan fingerprint density at radius 2 is 1.88 bits per heavy atom. The number of fused-ring (bicyclic) bond motifs is 1. The smallest absolute Gasteiger partial charge is 0.201 e. The molecule has 1 aliphatic heterocycles. The average molecular weight is 375 g/mol. The Labute approximate surface area is 157 Å². The molecule has 0 radical (unpaired) electrons. The predicted molar refractivity (Wildman–Crippen MR) is 104 cm³/mol. The largest absolute Gasteiger partial charge is 0.353 e. The number of likely N-dealkylation sites (tertiary alicyclic amines) is 1. The van der Waals surface area contributed by atoms with Crippen LogP contribution in [-0.4, -0.2) is 34.0 Å². The van der Waals surface area contributed by atoms with Crippen molar-refractivity contribution in [2.45, 2.75) is 25.4 Å². The van der Waals surface area contributed by atoms with Gasteiger partial charge in [0.15, 0.2) is 0 Å². The Morgan fingerprint density at radius 3 is 2.64 bits per heavy atom. The highest BCUT2D eigenvalue weighted by atomic mass is 35.5. The number of aromatic amines is 1. The lowest BCUT2D eigenvalue weighted by molar-refractivity contribution is 0.211. The van der Waals surface area contributed by atoms with Gasteiger partial charge in [0, 0.05) is 25.7 Å². The van der Waals surface area contributed by atoms with Crippen molar-refractivity contribution in [3.05, 3.63) is 58.1 Å². The molecule has 1 aromatic heterocycles. The van der Waals surface area contributed by atoms with Crippen LogP contribution in [0, 0.1) is 0 Å². The summed E-state index contributed by atoms with van der Waals surface area (Å²) in [6.07, 6.45) is 2.19. The van der Waals surface area contributed by atoms with Gasteiger partial charge in [-0.25, -0.2) is 4.98 Å². The second kappa shape index (κ2) is 7.24. The summed E-state index contributed by atoms with van der Waals surface area (Å²) in [5.74, 6) is 0.865. The highest BCUT2D eigenvalue weighted by Crippen LogP contribution is 2.24. The summed E-state index contributed by atoms with van der Waals surface area (Å²) >= 11 is 12.1. The van der Waals surface area contributed by atoms with E-state index in [1.54, 1.807) is 0 Å². The van der Waals surface area contributed by atoms with Crippen molar-refractivity contribution in [2.24, 2.45) is 0 Å². The Bertz CT molecular complexity index is 836. The second-order valence-corrected chi connectivity index (χ2v) is 7.36. The number of piperidine rings is 1. The van der Waals surface area contributed by atoms with Crippen LogP contribution in [0.1, 0.15) is 18.4 Å². The quantitative estimate of drug-likeness (QED) is 0.679. The number of aromatic nitrogens is 2. The van der Waals surface area contributed by atoms with Crippen LogP contribution in [0.5, 0.6) is 0 Å². The number of H-pyrrole nitrogens is 1. The highest BCUT2D eigenvalue weighted by molar-refractivity contribution is 6.42. The van der Waals surface area contributed by atoms with E-state index in [0.717, 1.165) is 49.5 Å². The number of para-hydroxylation sites is 2. The Morgan fingerprint density at radius 1 is 1.08 bits per heavy atom. The van der Waals surface area contributed by atoms with Gasteiger partial charge in [0.25, 0.3) is 0 Å². The number of nitrogens with one attached hydrogen (secondary N) is 2. The molecule has 25 heavy (non-hydrogen) atoms. The summed E-state index contributed by atoms with van der Waals surface area (Å²) in [7, 11) is 0. The third-order valence-electron chi connectivity index (χ3n) is 4.71. The van der Waals surface area contributed by atoms with Gasteiger partial charge in [-0.05, 0) is 42.7 Å². The van der Waals surface area contributed by atoms with Crippen molar-refractivity contribution < 1.29 is 0 Å². The van der Waals surface area contributed by atoms with Crippen molar-refractivity contribution in [3.63, 3.8) is 0 Å². The summed E-state index contributed by atoms with van der Waals surface area (Å²) in [5, 5.41) is 4.78. The molecule has 0 bridgehead atoms. The number of hydrogen-bond acceptors (Lipinski definition) is 3. The Balaban J connectivity index is 1.32. The normalized spacial score (nSPS) is 16.4. The van der Waals surface area contributed by atoms with E-state index in [2.05, 4.69) is 20.2 Å². The van der Waals surface area contributed by atoms with Crippen LogP contribution >= 0.6 is 23.2 Å². The lowest BCUT2D eigenvalue weighted by atomic mass is 10.0. The van der Waals surface area contributed by atoms with Gasteiger partial charge >= 0.3 is 0 Å². The van der Waals surface area contributed by atoms with Gasteiger partial charge in [-0.2, -0.15) is 0 Å². The molecule has 0 atom stereocenters. The zero-order valence-corrected chi connectivity index (χ0v) is 15.3. The van der Waals surface area contributed by atoms with E-state index in [1.807, 2.05) is 42.5 Å². The molecule has 0 unspecified atom stereocenters. The van der Waals surface area contributed by atoms with Crippen LogP contribution in [0.25, 0.3) is 11.0 Å². The minimum Gasteiger partial charge on any atom is -0.353 e. The van der Waals surface area contributed by atoms with E-state index in [0.29, 0.717) is 16.1 Å². The molecule has 2 N–H and O–H groups in total. The molecule has 0 spiro atoms. The molecule has 2 heterocycles. The maximum atomic E-state index is 6.11. The molecule has 1 aliphatic rings. The molecule has 4 nitrogen and oxygen atoms in total. The number of rotatable bonds is 4. The van der Waals surface area contributed by atoms with Gasteiger partial charge in [-0.1, -0.05) is 41.4 Å². The first-order chi connectivity index (χ1) is 12.2. The van der Waals surface area contributed by atoms with Crippen LogP contribution in [0.3, 0.4) is 0 Å². The SMILES string of the molecule is Clc1ccc(CN2CCC(Nc3nc4ccccc4[nH]3)CC2)cc1Cl. The summed E-state index contributed by atoms with van der Waals surface area (Å²) < 4.78 is 0. The topological polar surface area (TPSA) is 44.0 Å². The summed E-state index contributed by atoms with van der Waals surface area (Å²) in [5.41, 5.74) is 3.28. The van der Waals surface area contributed by atoms with Crippen molar-refractivity contribution in [1.82, 2.24) is 14.9 Å². The van der Waals surface area contributed by atoms with Crippen LogP contribution < -0.4 is 5.32 Å². The molecule has 1 saturated heterocycles. The van der Waals surface area contributed by atoms with Crippen molar-refractivity contribution in [3.8, 4) is 0 Å². The molecular weight excluding hydrogens is 355 g/mol. The lowest BCUT2D eigenvalue weighted by Crippen LogP contribution is -2.38. The number of nitrogens with zero attached hydrogens (tertiary/aromatic N) is 2. The van der Waals surface area contributed by atoms with Gasteiger partial charge in [0.1, 0.15) is 0 Å². The maximum Gasteiger partial charge on any atom is 0.201 e. The molecule has 4 rings (SSSR count). The molecule has 130 valence electrons. The fourth-order valence-electron chi connectivity index (χ4n) is 3.35. The fraction of sp³-hybridized carbons (Fsp3) is 0.316. The van der Waals surface area contributed by atoms with Crippen molar-refractivity contribution >= 4 is 40.2 Å². The van der Waals surface area contributed by atoms with Crippen LogP contribution in [0.4, 0.5) is 5.95 Å². The molecule has 3 aromatic rings. The third-order valence-corrected chi connectivity index (χ3v) is 5.45. The molecule has 1 fully saturated rings. The minimum atomic E-state index is 0.450. The molecular formula is C19H20Cl2N4. The van der Waals surface area contributed by atoms with Gasteiger partial charge in [0.2, 0.25) is 5.95 Å². The first-order valence-corrected chi connectivity index (χ1v) is 9.30. The number of anilines is 1. The molecule has 2 aromatic carbocycles. The van der Waals surface area contributed by atoms with Gasteiger partial charge in [-0.15, -0.1) is 0 Å². The average Bonchev–Trinajstić information content (AvgIpc) is 3.02. The molecule has 0 amide bonds. The van der Waals surface area contributed by atoms with Crippen molar-refractivity contribution in [1.29, 1.82) is 0 Å². The van der Waals surface area contributed by atoms with Crippen LogP contribution in [0.15, 0.2) is 42.5 Å². The highest BCUT2D eigenvalue weighted by Gasteiger charge is 2.20. The third kappa shape index (κ3) is 3.92. The summed E-state index contributed by atoms with van der Waals surface area (Å²) in [6.45, 7) is 3.02. The zero-order valence-electron chi connectivity index (χ0n) is 13.8. The first kappa shape index (κ1) is 16.7. The van der Waals surface area contributed by atoms with Crippen LogP contribution in [0.2, 0.25) is 10.0 Å². The molecule has 0 saturated carbocycles. The van der Waals surface area contributed by atoms with E-state index in [9.17, 15) is 0 Å². The maximum absolute atomic E-state index is 6.11. The van der Waals surface area contributed by atoms with E-state index in [-0.39, 0.29) is 0 Å². The Kier molecular flexibility index (Phi) is 4.84. The monoisotopic (exact) mass is 374 g/mol. The number of hydrogen-bond donors (Lipinski definition) is 2. The number of imidazole rings is 1. The fourth-order valence-corrected chi connectivity index (χ4v) is 3.67. The summed E-state index contributed by atoms with van der Waals surface area (Å²) in [6, 6.07) is 14.4. The molecule has 0 aliphatic carbocycles. The minimum absolute atomic E-state index is 0.450. The van der Waals surface area contributed by atoms with Crippen molar-refractivity contribution in [2.75, 3.05) is 18.4 Å². The first-order valence-electron chi connectivity index (χ1n) is 8.55. The van der Waals surface area contributed by atoms with E-state index >= 15 is 0 Å². The second-order valence-electron chi connectivity index (χ2n) is 6.55. The summed E-state index contributed by atoms with van der Waals surface area (Å²) in [4.78, 5) is 10.4. The zero-order chi connectivity index (χ0) is 17.2. The number of benzene rings is 2. The van der Waals surface area contributed by atoms with Gasteiger partial charge in [0.05, 0.1) is 21.1 Å². The number of halogens is 2.